The lowest BCUT2D eigenvalue weighted by atomic mass is 10.1. The third-order valence-corrected chi connectivity index (χ3v) is 2.41. The smallest absolute Gasteiger partial charge is 0.337 e. The Hall–Kier alpha value is -1.02. The average molecular weight is 267 g/mol. The Morgan fingerprint density at radius 3 is 1.65 bits per heavy atom. The number of alkyl halides is 7. The molecular formula is C8H8F7NO. The van der Waals surface area contributed by atoms with Gasteiger partial charge in [-0.15, -0.1) is 0 Å². The number of amides is 1. The molecular weight excluding hydrogens is 259 g/mol. The maximum Gasteiger partial charge on any atom is 0.460 e. The second-order valence-electron chi connectivity index (χ2n) is 3.65. The first-order chi connectivity index (χ1) is 7.52. The van der Waals surface area contributed by atoms with Crippen molar-refractivity contribution in [3.05, 3.63) is 0 Å². The normalized spacial score (nSPS) is 18.6. The molecule has 1 heterocycles. The van der Waals surface area contributed by atoms with Crippen LogP contribution in [0.25, 0.3) is 0 Å². The van der Waals surface area contributed by atoms with Gasteiger partial charge in [0.05, 0.1) is 0 Å². The second kappa shape index (κ2) is 4.02. The predicted molar refractivity (Wildman–Crippen MR) is 41.8 cm³/mol. The minimum absolute atomic E-state index is 0.234. The van der Waals surface area contributed by atoms with Crippen molar-refractivity contribution in [2.75, 3.05) is 13.1 Å². The quantitative estimate of drug-likeness (QED) is 0.704. The molecule has 1 fully saturated rings. The van der Waals surface area contributed by atoms with E-state index >= 15 is 0 Å². The molecule has 0 unspecified atom stereocenters. The number of likely N-dealkylation sites (tertiary alicyclic amines) is 1. The largest absolute Gasteiger partial charge is 0.460 e. The van der Waals surface area contributed by atoms with Crippen molar-refractivity contribution in [3.63, 3.8) is 0 Å². The summed E-state index contributed by atoms with van der Waals surface area (Å²) in [5, 5.41) is 0. The van der Waals surface area contributed by atoms with Crippen LogP contribution in [0.3, 0.4) is 0 Å². The van der Waals surface area contributed by atoms with Gasteiger partial charge in [0.15, 0.2) is 0 Å². The van der Waals surface area contributed by atoms with Gasteiger partial charge in [0, 0.05) is 13.1 Å². The average Bonchev–Trinajstić information content (AvgIpc) is 2.66. The molecule has 0 N–H and O–H groups in total. The molecule has 100 valence electrons. The first-order valence-corrected chi connectivity index (χ1v) is 4.63. The van der Waals surface area contributed by atoms with Gasteiger partial charge in [-0.25, -0.2) is 0 Å². The molecule has 0 atom stereocenters. The summed E-state index contributed by atoms with van der Waals surface area (Å²) >= 11 is 0. The van der Waals surface area contributed by atoms with Gasteiger partial charge in [0.2, 0.25) is 0 Å². The van der Waals surface area contributed by atoms with E-state index in [0.717, 1.165) is 0 Å². The van der Waals surface area contributed by atoms with Crippen molar-refractivity contribution in [2.24, 2.45) is 0 Å². The van der Waals surface area contributed by atoms with Crippen LogP contribution in [0.1, 0.15) is 12.8 Å². The van der Waals surface area contributed by atoms with Gasteiger partial charge < -0.3 is 4.90 Å². The summed E-state index contributed by atoms with van der Waals surface area (Å²) in [5.41, 5.74) is 0. The van der Waals surface area contributed by atoms with Crippen molar-refractivity contribution in [1.82, 2.24) is 4.90 Å². The third-order valence-electron chi connectivity index (χ3n) is 2.41. The van der Waals surface area contributed by atoms with Crippen LogP contribution < -0.4 is 0 Å². The van der Waals surface area contributed by atoms with Crippen LogP contribution in [0.4, 0.5) is 30.7 Å². The van der Waals surface area contributed by atoms with Crippen LogP contribution >= 0.6 is 0 Å². The molecule has 1 aliphatic rings. The zero-order valence-electron chi connectivity index (χ0n) is 8.33. The van der Waals surface area contributed by atoms with E-state index in [4.69, 9.17) is 0 Å². The highest BCUT2D eigenvalue weighted by Gasteiger charge is 2.76. The van der Waals surface area contributed by atoms with E-state index in [9.17, 15) is 35.5 Å². The maximum absolute atomic E-state index is 12.9. The van der Waals surface area contributed by atoms with Crippen LogP contribution in [0.15, 0.2) is 0 Å². The van der Waals surface area contributed by atoms with Gasteiger partial charge in [0.1, 0.15) is 0 Å². The van der Waals surface area contributed by atoms with Gasteiger partial charge in [-0.1, -0.05) is 0 Å². The van der Waals surface area contributed by atoms with Crippen molar-refractivity contribution in [2.45, 2.75) is 30.9 Å². The number of rotatable bonds is 2. The lowest BCUT2D eigenvalue weighted by Gasteiger charge is -2.30. The van der Waals surface area contributed by atoms with Crippen LogP contribution in [-0.2, 0) is 4.79 Å². The highest BCUT2D eigenvalue weighted by molar-refractivity contribution is 5.85. The fraction of sp³-hybridized carbons (Fsp3) is 0.875. The predicted octanol–water partition coefficient (Wildman–Crippen LogP) is 2.44. The van der Waals surface area contributed by atoms with Gasteiger partial charge >= 0.3 is 18.0 Å². The summed E-state index contributed by atoms with van der Waals surface area (Å²) in [6.07, 6.45) is -5.86. The number of hydrogen-bond donors (Lipinski definition) is 0. The second-order valence-corrected chi connectivity index (χ2v) is 3.65. The summed E-state index contributed by atoms with van der Waals surface area (Å²) in [6, 6.07) is 0. The molecule has 1 aliphatic heterocycles. The first kappa shape index (κ1) is 14.0. The summed E-state index contributed by atoms with van der Waals surface area (Å²) in [4.78, 5) is 11.3. The third kappa shape index (κ3) is 2.19. The van der Waals surface area contributed by atoms with E-state index in [-0.39, 0.29) is 13.1 Å². The van der Waals surface area contributed by atoms with E-state index in [1.54, 1.807) is 0 Å². The van der Waals surface area contributed by atoms with Crippen LogP contribution in [0.5, 0.6) is 0 Å². The number of halogens is 7. The number of hydrogen-bond acceptors (Lipinski definition) is 1. The topological polar surface area (TPSA) is 20.3 Å². The van der Waals surface area contributed by atoms with Gasteiger partial charge in [0.25, 0.3) is 5.91 Å². The Labute approximate surface area is 91.4 Å². The molecule has 0 aliphatic carbocycles. The summed E-state index contributed by atoms with van der Waals surface area (Å²) in [5.74, 6) is -14.6. The molecule has 0 aromatic carbocycles. The molecule has 1 amide bonds. The van der Waals surface area contributed by atoms with Gasteiger partial charge in [-0.3, -0.25) is 4.79 Å². The van der Waals surface area contributed by atoms with Crippen LogP contribution in [0.2, 0.25) is 0 Å². The van der Waals surface area contributed by atoms with Crippen molar-refractivity contribution >= 4 is 5.91 Å². The lowest BCUT2D eigenvalue weighted by molar-refractivity contribution is -0.345. The van der Waals surface area contributed by atoms with Crippen molar-refractivity contribution in [1.29, 1.82) is 0 Å². The maximum atomic E-state index is 12.9. The monoisotopic (exact) mass is 267 g/mol. The molecule has 2 nitrogen and oxygen atoms in total. The zero-order chi connectivity index (χ0) is 13.5. The fourth-order valence-corrected chi connectivity index (χ4v) is 1.43. The Morgan fingerprint density at radius 1 is 0.882 bits per heavy atom. The Kier molecular flexibility index (Phi) is 3.32. The molecule has 0 saturated carbocycles. The summed E-state index contributed by atoms with van der Waals surface area (Å²) < 4.78 is 86.1. The molecule has 0 spiro atoms. The lowest BCUT2D eigenvalue weighted by Crippen LogP contribution is -2.59. The molecule has 1 saturated heterocycles. The zero-order valence-corrected chi connectivity index (χ0v) is 8.33. The summed E-state index contributed by atoms with van der Waals surface area (Å²) in [6.45, 7) is -0.468. The Balaban J connectivity index is 2.97. The molecule has 0 bridgehead atoms. The SMILES string of the molecule is O=C(N1CCCC1)C(F)(F)C(F)(F)C(F)(F)F. The van der Waals surface area contributed by atoms with E-state index in [0.29, 0.717) is 17.7 Å². The Bertz CT molecular complexity index is 305. The minimum atomic E-state index is -6.47. The molecule has 0 aromatic rings. The minimum Gasteiger partial charge on any atom is -0.337 e. The van der Waals surface area contributed by atoms with Crippen molar-refractivity contribution < 1.29 is 35.5 Å². The fourth-order valence-electron chi connectivity index (χ4n) is 1.43. The molecule has 1 rings (SSSR count). The van der Waals surface area contributed by atoms with E-state index in [1.165, 1.54) is 0 Å². The standard InChI is InChI=1S/C8H8F7NO/c9-6(10,7(11,12)8(13,14)15)5(17)16-3-1-2-4-16/h1-4H2. The molecule has 0 aromatic heterocycles. The van der Waals surface area contributed by atoms with Gasteiger partial charge in [-0.05, 0) is 12.8 Å². The molecule has 17 heavy (non-hydrogen) atoms. The van der Waals surface area contributed by atoms with E-state index < -0.39 is 23.9 Å². The first-order valence-electron chi connectivity index (χ1n) is 4.63. The van der Waals surface area contributed by atoms with Crippen LogP contribution in [-0.4, -0.2) is 41.9 Å². The van der Waals surface area contributed by atoms with Gasteiger partial charge in [-0.2, -0.15) is 30.7 Å². The highest BCUT2D eigenvalue weighted by Crippen LogP contribution is 2.47. The Morgan fingerprint density at radius 2 is 1.29 bits per heavy atom. The number of carbonyl (C=O) groups is 1. The molecule has 0 radical (unpaired) electrons. The van der Waals surface area contributed by atoms with Crippen LogP contribution in [0, 0.1) is 0 Å². The van der Waals surface area contributed by atoms with Crippen molar-refractivity contribution in [3.8, 4) is 0 Å². The number of carbonyl (C=O) groups excluding carboxylic acids is 1. The highest BCUT2D eigenvalue weighted by atomic mass is 19.4. The molecule has 9 heteroatoms. The summed E-state index contributed by atoms with van der Waals surface area (Å²) in [7, 11) is 0. The van der Waals surface area contributed by atoms with E-state index in [1.807, 2.05) is 0 Å². The van der Waals surface area contributed by atoms with E-state index in [2.05, 4.69) is 0 Å². The number of nitrogens with zero attached hydrogens (tertiary/aromatic N) is 1.